The standard InChI is InChI=1S/C11H8ClF3O.C9H5Br2NO.C8H11N2O4/c1-7(11(13,14)15)6-10(16)8-2-4-9(12)5-3-8;10-6-4-7(11)9(13)8-5(6)2-1-3-12-8;1-9(4-5-11)6-7-2-3-8(14-7)10(12)13/h2-6H,1H3;1-4,13H;2-3,6,11H,4-5H2,1H3/q;;+1/b7-6+;;. The van der Waals surface area contributed by atoms with Gasteiger partial charge in [0.25, 0.3) is 0 Å². The molecule has 4 aromatic rings. The quantitative estimate of drug-likeness (QED) is 0.0515. The summed E-state index contributed by atoms with van der Waals surface area (Å²) in [5.74, 6) is -0.397. The second kappa shape index (κ2) is 16.3. The number of carbonyl (C=O) groups excluding carboxylic acids is 1. The zero-order chi connectivity index (χ0) is 32.3. The zero-order valence-corrected chi connectivity index (χ0v) is 26.4. The molecule has 9 nitrogen and oxygen atoms in total. The maximum absolute atomic E-state index is 12.1. The highest BCUT2D eigenvalue weighted by atomic mass is 79.9. The number of phenolic OH excluding ortho intramolecular Hbond substituents is 1. The average Bonchev–Trinajstić information content (AvgIpc) is 3.41. The molecule has 0 radical (unpaired) electrons. The van der Waals surface area contributed by atoms with Crippen LogP contribution in [-0.2, 0) is 0 Å². The van der Waals surface area contributed by atoms with Crippen LogP contribution in [0.4, 0.5) is 19.1 Å². The summed E-state index contributed by atoms with van der Waals surface area (Å²) in [6.07, 6.45) is -0.657. The number of allylic oxidation sites excluding steroid dienone is 2. The molecule has 2 N–H and O–H groups in total. The molecule has 2 heterocycles. The Morgan fingerprint density at radius 1 is 1.14 bits per heavy atom. The van der Waals surface area contributed by atoms with Crippen LogP contribution in [-0.4, -0.2) is 63.1 Å². The fourth-order valence-electron chi connectivity index (χ4n) is 3.08. The molecule has 228 valence electrons. The normalized spacial score (nSPS) is 11.7. The van der Waals surface area contributed by atoms with Crippen LogP contribution < -0.4 is 0 Å². The van der Waals surface area contributed by atoms with Gasteiger partial charge in [0.2, 0.25) is 6.21 Å². The first kappa shape index (κ1) is 35.6. The van der Waals surface area contributed by atoms with Gasteiger partial charge < -0.3 is 14.6 Å². The van der Waals surface area contributed by atoms with Gasteiger partial charge in [-0.3, -0.25) is 19.9 Å². The second-order valence-electron chi connectivity index (χ2n) is 8.55. The molecule has 15 heteroatoms. The molecule has 0 aliphatic carbocycles. The van der Waals surface area contributed by atoms with Gasteiger partial charge in [-0.05, 0) is 71.4 Å². The monoisotopic (exact) mass is 748 g/mol. The molecule has 0 atom stereocenters. The molecular weight excluding hydrogens is 727 g/mol. The Hall–Kier alpha value is -3.59. The Bertz CT molecular complexity index is 1640. The molecule has 2 aromatic heterocycles. The number of nitrogens with zero attached hydrogens (tertiary/aromatic N) is 3. The fourth-order valence-corrected chi connectivity index (χ4v) is 4.48. The molecule has 4 rings (SSSR count). The van der Waals surface area contributed by atoms with Gasteiger partial charge in [0.15, 0.2) is 23.8 Å². The lowest BCUT2D eigenvalue weighted by Crippen LogP contribution is -2.12. The highest BCUT2D eigenvalue weighted by molar-refractivity contribution is 9.11. The number of furan rings is 1. The first-order chi connectivity index (χ1) is 20.1. The molecule has 0 aliphatic rings. The smallest absolute Gasteiger partial charge is 0.433 e. The van der Waals surface area contributed by atoms with Gasteiger partial charge in [0.1, 0.15) is 24.1 Å². The largest absolute Gasteiger partial charge is 0.505 e. The van der Waals surface area contributed by atoms with Crippen LogP contribution in [0.5, 0.6) is 5.75 Å². The Labute approximate surface area is 265 Å². The number of nitro groups is 1. The van der Waals surface area contributed by atoms with E-state index in [4.69, 9.17) is 21.1 Å². The van der Waals surface area contributed by atoms with Crippen LogP contribution in [0.15, 0.2) is 85.8 Å². The van der Waals surface area contributed by atoms with E-state index in [9.17, 15) is 33.2 Å². The summed E-state index contributed by atoms with van der Waals surface area (Å²) in [5.41, 5.74) is -0.149. The maximum Gasteiger partial charge on any atom is 0.433 e. The number of aromatic hydroxyl groups is 1. The van der Waals surface area contributed by atoms with Crippen LogP contribution in [0.25, 0.3) is 10.9 Å². The van der Waals surface area contributed by atoms with Gasteiger partial charge >= 0.3 is 12.1 Å². The molecule has 0 amide bonds. The highest BCUT2D eigenvalue weighted by Crippen LogP contribution is 2.36. The minimum absolute atomic E-state index is 0.0236. The summed E-state index contributed by atoms with van der Waals surface area (Å²) < 4.78 is 44.6. The Morgan fingerprint density at radius 2 is 1.79 bits per heavy atom. The molecule has 0 spiro atoms. The lowest BCUT2D eigenvalue weighted by Gasteiger charge is -2.05. The lowest BCUT2D eigenvalue weighted by molar-refractivity contribution is -0.495. The van der Waals surface area contributed by atoms with Crippen LogP contribution in [0.3, 0.4) is 0 Å². The van der Waals surface area contributed by atoms with E-state index >= 15 is 0 Å². The van der Waals surface area contributed by atoms with Crippen LogP contribution in [0.1, 0.15) is 23.0 Å². The molecule has 0 saturated carbocycles. The number of benzene rings is 2. The zero-order valence-electron chi connectivity index (χ0n) is 22.5. The van der Waals surface area contributed by atoms with Crippen molar-refractivity contribution in [2.45, 2.75) is 13.1 Å². The SMILES string of the molecule is C/C(=C\C(=O)c1ccc(Cl)cc1)C(F)(F)F.C[N+](=Cc1ccc([N+](=O)[O-])o1)CCO.Oc1c(Br)cc(Br)c2cccnc12. The van der Waals surface area contributed by atoms with Crippen molar-refractivity contribution in [2.24, 2.45) is 0 Å². The number of aromatic nitrogens is 1. The minimum Gasteiger partial charge on any atom is -0.505 e. The lowest BCUT2D eigenvalue weighted by atomic mass is 10.1. The first-order valence-corrected chi connectivity index (χ1v) is 14.0. The van der Waals surface area contributed by atoms with E-state index in [1.165, 1.54) is 36.4 Å². The Kier molecular flexibility index (Phi) is 13.5. The molecule has 0 bridgehead atoms. The molecular formula is C28H24Br2ClF3N3O6+. The summed E-state index contributed by atoms with van der Waals surface area (Å²) in [6.45, 7) is 1.33. The van der Waals surface area contributed by atoms with Crippen molar-refractivity contribution in [1.82, 2.24) is 4.98 Å². The Morgan fingerprint density at radius 3 is 2.35 bits per heavy atom. The average molecular weight is 751 g/mol. The summed E-state index contributed by atoms with van der Waals surface area (Å²) in [4.78, 5) is 25.2. The van der Waals surface area contributed by atoms with E-state index in [0.29, 0.717) is 33.4 Å². The van der Waals surface area contributed by atoms with Crippen molar-refractivity contribution >= 4 is 72.2 Å². The topological polar surface area (TPSA) is 130 Å². The van der Waals surface area contributed by atoms with E-state index in [1.54, 1.807) is 30.1 Å². The van der Waals surface area contributed by atoms with Gasteiger partial charge in [-0.15, -0.1) is 0 Å². The summed E-state index contributed by atoms with van der Waals surface area (Å²) in [5, 5.41) is 29.9. The number of fused-ring (bicyclic) bond motifs is 1. The van der Waals surface area contributed by atoms with Crippen molar-refractivity contribution in [2.75, 3.05) is 20.2 Å². The molecule has 0 aliphatic heterocycles. The third-order valence-electron chi connectivity index (χ3n) is 5.29. The van der Waals surface area contributed by atoms with Crippen molar-refractivity contribution in [1.29, 1.82) is 0 Å². The predicted molar refractivity (Wildman–Crippen MR) is 163 cm³/mol. The minimum atomic E-state index is -4.47. The molecule has 0 saturated heterocycles. The van der Waals surface area contributed by atoms with E-state index < -0.39 is 22.5 Å². The van der Waals surface area contributed by atoms with E-state index in [-0.39, 0.29) is 23.8 Å². The van der Waals surface area contributed by atoms with E-state index in [1.807, 2.05) is 12.1 Å². The number of halogens is 6. The number of carbonyl (C=O) groups is 1. The number of hydrogen-bond donors (Lipinski definition) is 2. The van der Waals surface area contributed by atoms with E-state index in [0.717, 1.165) is 16.8 Å². The van der Waals surface area contributed by atoms with Gasteiger partial charge in [0.05, 0.1) is 10.5 Å². The van der Waals surface area contributed by atoms with Crippen molar-refractivity contribution < 1.29 is 42.1 Å². The van der Waals surface area contributed by atoms with Crippen LogP contribution >= 0.6 is 43.5 Å². The first-order valence-electron chi connectivity index (χ1n) is 12.0. The predicted octanol–water partition coefficient (Wildman–Crippen LogP) is 7.74. The number of aliphatic hydroxyl groups is 1. The number of ketones is 1. The molecule has 2 aromatic carbocycles. The number of rotatable bonds is 6. The van der Waals surface area contributed by atoms with Crippen molar-refractivity contribution in [3.05, 3.63) is 108 Å². The molecule has 0 unspecified atom stereocenters. The van der Waals surface area contributed by atoms with Crippen LogP contribution in [0.2, 0.25) is 5.02 Å². The number of aliphatic hydroxyl groups excluding tert-OH is 1. The van der Waals surface area contributed by atoms with E-state index in [2.05, 4.69) is 36.8 Å². The number of phenols is 1. The third-order valence-corrected chi connectivity index (χ3v) is 6.80. The van der Waals surface area contributed by atoms with Crippen molar-refractivity contribution in [3.63, 3.8) is 0 Å². The summed E-state index contributed by atoms with van der Waals surface area (Å²) >= 11 is 12.2. The maximum atomic E-state index is 12.1. The molecule has 0 fully saturated rings. The van der Waals surface area contributed by atoms with Crippen molar-refractivity contribution in [3.8, 4) is 5.75 Å². The number of hydrogen-bond acceptors (Lipinski definition) is 7. The second-order valence-corrected chi connectivity index (χ2v) is 10.7. The molecule has 43 heavy (non-hydrogen) atoms. The van der Waals surface area contributed by atoms with Gasteiger partial charge in [-0.1, -0.05) is 33.6 Å². The van der Waals surface area contributed by atoms with Gasteiger partial charge in [0, 0.05) is 32.2 Å². The number of pyridine rings is 1. The van der Waals surface area contributed by atoms with Gasteiger partial charge in [-0.2, -0.15) is 13.2 Å². The number of alkyl halides is 3. The fraction of sp³-hybridized carbons (Fsp3) is 0.179. The summed E-state index contributed by atoms with van der Waals surface area (Å²) in [6, 6.07) is 14.0. The number of likely N-dealkylation sites (N-methyl/N-ethyl adjacent to an activating group) is 1. The third kappa shape index (κ3) is 11.2. The summed E-state index contributed by atoms with van der Waals surface area (Å²) in [7, 11) is 1.74. The van der Waals surface area contributed by atoms with Gasteiger partial charge in [-0.25, -0.2) is 4.58 Å². The van der Waals surface area contributed by atoms with Crippen LogP contribution in [0, 0.1) is 10.1 Å². The Balaban J connectivity index is 0.000000226. The highest BCUT2D eigenvalue weighted by Gasteiger charge is 2.30.